The fourth-order valence-electron chi connectivity index (χ4n) is 1.21. The normalized spacial score (nSPS) is 11.6. The quantitative estimate of drug-likeness (QED) is 0.883. The molecule has 0 atom stereocenters. The molecule has 2 rings (SSSR count). The number of nitrogens with one attached hydrogen (secondary N) is 1. The van der Waals surface area contributed by atoms with Gasteiger partial charge in [0.05, 0.1) is 6.20 Å². The van der Waals surface area contributed by atoms with E-state index in [2.05, 4.69) is 15.3 Å². The largest absolute Gasteiger partial charge is 0.435 e. The van der Waals surface area contributed by atoms with Crippen molar-refractivity contribution in [2.75, 3.05) is 0 Å². The first-order valence-corrected chi connectivity index (χ1v) is 4.70. The Hall–Kier alpha value is -2.32. The smallest absolute Gasteiger partial charge is 0.421 e. The summed E-state index contributed by atoms with van der Waals surface area (Å²) in [4.78, 5) is 11.0. The first kappa shape index (κ1) is 12.1. The van der Waals surface area contributed by atoms with E-state index < -0.39 is 17.3 Å². The van der Waals surface area contributed by atoms with E-state index in [9.17, 15) is 18.0 Å². The summed E-state index contributed by atoms with van der Waals surface area (Å²) in [6, 6.07) is 1.79. The highest BCUT2D eigenvalue weighted by atomic mass is 19.4. The Bertz CT molecular complexity index is 617. The number of aromatic amines is 1. The lowest BCUT2D eigenvalue weighted by molar-refractivity contribution is -0.141. The SMILES string of the molecule is Cn1nc(C(F)(F)F)cc1Oc1cc(=O)cn[nH]1. The fourth-order valence-corrected chi connectivity index (χ4v) is 1.21. The fraction of sp³-hybridized carbons (Fsp3) is 0.222. The van der Waals surface area contributed by atoms with Crippen LogP contribution in [0.15, 0.2) is 23.1 Å². The van der Waals surface area contributed by atoms with Gasteiger partial charge in [0.15, 0.2) is 5.69 Å². The Labute approximate surface area is 98.0 Å². The highest BCUT2D eigenvalue weighted by Gasteiger charge is 2.35. The predicted molar refractivity (Wildman–Crippen MR) is 53.1 cm³/mol. The van der Waals surface area contributed by atoms with Crippen molar-refractivity contribution in [1.29, 1.82) is 0 Å². The van der Waals surface area contributed by atoms with Gasteiger partial charge in [-0.3, -0.25) is 4.79 Å². The number of halogens is 3. The van der Waals surface area contributed by atoms with Crippen LogP contribution in [0.3, 0.4) is 0 Å². The topological polar surface area (TPSA) is 72.8 Å². The molecule has 0 amide bonds. The Morgan fingerprint density at radius 3 is 2.67 bits per heavy atom. The van der Waals surface area contributed by atoms with Gasteiger partial charge >= 0.3 is 6.18 Å². The lowest BCUT2D eigenvalue weighted by Crippen LogP contribution is -2.06. The second-order valence-corrected chi connectivity index (χ2v) is 3.37. The van der Waals surface area contributed by atoms with E-state index in [4.69, 9.17) is 4.74 Å². The Morgan fingerprint density at radius 2 is 2.11 bits per heavy atom. The summed E-state index contributed by atoms with van der Waals surface area (Å²) in [5, 5.41) is 9.04. The lowest BCUT2D eigenvalue weighted by Gasteiger charge is -2.02. The van der Waals surface area contributed by atoms with Crippen LogP contribution >= 0.6 is 0 Å². The summed E-state index contributed by atoms with van der Waals surface area (Å²) >= 11 is 0. The monoisotopic (exact) mass is 260 g/mol. The number of rotatable bonds is 2. The van der Waals surface area contributed by atoms with Crippen LogP contribution < -0.4 is 10.2 Å². The maximum absolute atomic E-state index is 12.4. The summed E-state index contributed by atoms with van der Waals surface area (Å²) < 4.78 is 43.1. The molecule has 0 saturated heterocycles. The van der Waals surface area contributed by atoms with Crippen molar-refractivity contribution >= 4 is 0 Å². The molecule has 9 heteroatoms. The third-order valence-corrected chi connectivity index (χ3v) is 1.98. The molecule has 6 nitrogen and oxygen atoms in total. The van der Waals surface area contributed by atoms with Gasteiger partial charge in [-0.2, -0.15) is 23.4 Å². The van der Waals surface area contributed by atoms with Crippen LogP contribution in [-0.2, 0) is 13.2 Å². The van der Waals surface area contributed by atoms with E-state index in [-0.39, 0.29) is 11.8 Å². The molecular weight excluding hydrogens is 253 g/mol. The molecule has 0 aliphatic rings. The number of hydrogen-bond donors (Lipinski definition) is 1. The third kappa shape index (κ3) is 2.50. The Kier molecular flexibility index (Phi) is 2.81. The van der Waals surface area contributed by atoms with Gasteiger partial charge in [0.1, 0.15) is 0 Å². The molecule has 0 bridgehead atoms. The molecule has 0 unspecified atom stereocenters. The number of ether oxygens (including phenoxy) is 1. The lowest BCUT2D eigenvalue weighted by atomic mass is 10.4. The number of alkyl halides is 3. The van der Waals surface area contributed by atoms with Gasteiger partial charge < -0.3 is 4.74 Å². The molecule has 0 spiro atoms. The molecule has 0 saturated carbocycles. The van der Waals surface area contributed by atoms with Gasteiger partial charge in [0, 0.05) is 19.2 Å². The summed E-state index contributed by atoms with van der Waals surface area (Å²) in [6.07, 6.45) is -3.54. The summed E-state index contributed by atoms with van der Waals surface area (Å²) in [5.41, 5.74) is -1.51. The average Bonchev–Trinajstić information content (AvgIpc) is 2.60. The molecular formula is C9H7F3N4O2. The number of hydrogen-bond acceptors (Lipinski definition) is 4. The van der Waals surface area contributed by atoms with Gasteiger partial charge in [-0.1, -0.05) is 0 Å². The number of aryl methyl sites for hydroxylation is 1. The molecule has 1 N–H and O–H groups in total. The van der Waals surface area contributed by atoms with E-state index in [0.29, 0.717) is 0 Å². The molecule has 0 aromatic carbocycles. The predicted octanol–water partition coefficient (Wildman–Crippen LogP) is 1.31. The van der Waals surface area contributed by atoms with Crippen LogP contribution in [-0.4, -0.2) is 20.0 Å². The Balaban J connectivity index is 2.30. The van der Waals surface area contributed by atoms with Gasteiger partial charge in [0.2, 0.25) is 17.2 Å². The van der Waals surface area contributed by atoms with Crippen LogP contribution in [0.25, 0.3) is 0 Å². The van der Waals surface area contributed by atoms with Gasteiger partial charge in [0.25, 0.3) is 0 Å². The van der Waals surface area contributed by atoms with Crippen LogP contribution in [0.4, 0.5) is 13.2 Å². The minimum Gasteiger partial charge on any atom is -0.421 e. The number of aromatic nitrogens is 4. The van der Waals surface area contributed by atoms with Crippen molar-refractivity contribution in [2.45, 2.75) is 6.18 Å². The standard InChI is InChI=1S/C9H7F3N4O2/c1-16-8(3-6(15-16)9(10,11)12)18-7-2-5(17)4-13-14-7/h2-4H,1H3,(H,14,17). The molecule has 96 valence electrons. The van der Waals surface area contributed by atoms with E-state index >= 15 is 0 Å². The second kappa shape index (κ2) is 4.17. The number of nitrogens with zero attached hydrogens (tertiary/aromatic N) is 3. The van der Waals surface area contributed by atoms with E-state index in [1.54, 1.807) is 0 Å². The Morgan fingerprint density at radius 1 is 1.39 bits per heavy atom. The van der Waals surface area contributed by atoms with Crippen LogP contribution in [0.5, 0.6) is 11.8 Å². The summed E-state index contributed by atoms with van der Waals surface area (Å²) in [5.74, 6) is -0.231. The zero-order valence-electron chi connectivity index (χ0n) is 9.02. The highest BCUT2D eigenvalue weighted by Crippen LogP contribution is 2.31. The molecule has 2 aromatic heterocycles. The minimum absolute atomic E-state index is 0.0702. The third-order valence-electron chi connectivity index (χ3n) is 1.98. The zero-order chi connectivity index (χ0) is 13.3. The van der Waals surface area contributed by atoms with Crippen LogP contribution in [0.2, 0.25) is 0 Å². The van der Waals surface area contributed by atoms with Crippen molar-refractivity contribution in [1.82, 2.24) is 20.0 Å². The van der Waals surface area contributed by atoms with Crippen molar-refractivity contribution in [3.8, 4) is 11.8 Å². The molecule has 2 heterocycles. The zero-order valence-corrected chi connectivity index (χ0v) is 9.02. The van der Waals surface area contributed by atoms with Crippen molar-refractivity contribution in [3.63, 3.8) is 0 Å². The first-order valence-electron chi connectivity index (χ1n) is 4.70. The van der Waals surface area contributed by atoms with Gasteiger partial charge in [-0.05, 0) is 0 Å². The maximum atomic E-state index is 12.4. The van der Waals surface area contributed by atoms with Crippen molar-refractivity contribution in [3.05, 3.63) is 34.2 Å². The second-order valence-electron chi connectivity index (χ2n) is 3.37. The van der Waals surface area contributed by atoms with Crippen molar-refractivity contribution in [2.24, 2.45) is 7.05 Å². The first-order chi connectivity index (χ1) is 8.36. The number of H-pyrrole nitrogens is 1. The van der Waals surface area contributed by atoms with E-state index in [1.807, 2.05) is 0 Å². The van der Waals surface area contributed by atoms with Gasteiger partial charge in [-0.15, -0.1) is 0 Å². The summed E-state index contributed by atoms with van der Waals surface area (Å²) in [6.45, 7) is 0. The molecule has 0 radical (unpaired) electrons. The van der Waals surface area contributed by atoms with Crippen LogP contribution in [0, 0.1) is 0 Å². The highest BCUT2D eigenvalue weighted by molar-refractivity contribution is 5.22. The van der Waals surface area contributed by atoms with Crippen LogP contribution in [0.1, 0.15) is 5.69 Å². The molecule has 0 aliphatic heterocycles. The van der Waals surface area contributed by atoms with E-state index in [1.165, 1.54) is 7.05 Å². The molecule has 18 heavy (non-hydrogen) atoms. The average molecular weight is 260 g/mol. The maximum Gasteiger partial charge on any atom is 0.435 e. The van der Waals surface area contributed by atoms with Gasteiger partial charge in [-0.25, -0.2) is 9.78 Å². The van der Waals surface area contributed by atoms with E-state index in [0.717, 1.165) is 23.0 Å². The summed E-state index contributed by atoms with van der Waals surface area (Å²) in [7, 11) is 1.29. The van der Waals surface area contributed by atoms with Crippen molar-refractivity contribution < 1.29 is 17.9 Å². The minimum atomic E-state index is -4.55. The molecule has 0 fully saturated rings. The molecule has 2 aromatic rings. The molecule has 0 aliphatic carbocycles.